The van der Waals surface area contributed by atoms with Crippen molar-refractivity contribution in [3.05, 3.63) is 12.3 Å². The van der Waals surface area contributed by atoms with Crippen LogP contribution in [0.3, 0.4) is 0 Å². The van der Waals surface area contributed by atoms with E-state index in [0.29, 0.717) is 25.6 Å². The van der Waals surface area contributed by atoms with Crippen LogP contribution in [0.4, 0.5) is 0 Å². The first kappa shape index (κ1) is 9.46. The van der Waals surface area contributed by atoms with Crippen LogP contribution in [0.1, 0.15) is 6.92 Å². The van der Waals surface area contributed by atoms with Crippen LogP contribution in [0, 0.1) is 0 Å². The van der Waals surface area contributed by atoms with Crippen LogP contribution in [0.25, 0.3) is 0 Å². The van der Waals surface area contributed by atoms with Crippen molar-refractivity contribution in [1.29, 1.82) is 0 Å². The van der Waals surface area contributed by atoms with Gasteiger partial charge in [0.05, 0.1) is 25.6 Å². The number of rotatable bonds is 6. The molecule has 60 valence electrons. The van der Waals surface area contributed by atoms with E-state index in [2.05, 4.69) is 6.58 Å². The fraction of sp³-hybridized carbons (Fsp3) is 0.714. The standard InChI is InChI=1S/C7H14O3/c1-7(2)10-6-5-9-4-3-8/h8H,1,3-6H2,2H3. The Morgan fingerprint density at radius 3 is 2.60 bits per heavy atom. The average molecular weight is 146 g/mol. The van der Waals surface area contributed by atoms with Crippen LogP contribution in [-0.4, -0.2) is 31.5 Å². The highest BCUT2D eigenvalue weighted by atomic mass is 16.5. The van der Waals surface area contributed by atoms with Gasteiger partial charge in [0.25, 0.3) is 0 Å². The highest BCUT2D eigenvalue weighted by Gasteiger charge is 1.87. The molecule has 0 aromatic heterocycles. The summed E-state index contributed by atoms with van der Waals surface area (Å²) in [6, 6.07) is 0. The molecule has 0 fully saturated rings. The Morgan fingerprint density at radius 2 is 2.10 bits per heavy atom. The number of aliphatic hydroxyl groups excluding tert-OH is 1. The smallest absolute Gasteiger partial charge is 0.111 e. The second-order valence-electron chi connectivity index (χ2n) is 1.89. The third-order valence-corrected chi connectivity index (χ3v) is 0.812. The molecule has 0 aliphatic carbocycles. The predicted molar refractivity (Wildman–Crippen MR) is 38.7 cm³/mol. The van der Waals surface area contributed by atoms with Crippen molar-refractivity contribution in [3.8, 4) is 0 Å². The maximum atomic E-state index is 8.29. The minimum absolute atomic E-state index is 0.0626. The average Bonchev–Trinajstić information content (AvgIpc) is 1.87. The summed E-state index contributed by atoms with van der Waals surface area (Å²) in [5.41, 5.74) is 0. The normalized spacial score (nSPS) is 9.40. The summed E-state index contributed by atoms with van der Waals surface area (Å²) >= 11 is 0. The van der Waals surface area contributed by atoms with Crippen molar-refractivity contribution in [2.75, 3.05) is 26.4 Å². The molecule has 3 nitrogen and oxygen atoms in total. The summed E-state index contributed by atoms with van der Waals surface area (Å²) in [4.78, 5) is 0. The summed E-state index contributed by atoms with van der Waals surface area (Å²) in [6.07, 6.45) is 0. The molecule has 0 saturated heterocycles. The predicted octanol–water partition coefficient (Wildman–Crippen LogP) is 0.546. The van der Waals surface area contributed by atoms with Crippen molar-refractivity contribution in [3.63, 3.8) is 0 Å². The molecule has 0 amide bonds. The first-order chi connectivity index (χ1) is 4.77. The second kappa shape index (κ2) is 6.58. The van der Waals surface area contributed by atoms with Gasteiger partial charge in [0.1, 0.15) is 6.61 Å². The summed E-state index contributed by atoms with van der Waals surface area (Å²) in [7, 11) is 0. The summed E-state index contributed by atoms with van der Waals surface area (Å²) in [5.74, 6) is 0.688. The molecule has 0 aliphatic heterocycles. The van der Waals surface area contributed by atoms with Gasteiger partial charge in [-0.2, -0.15) is 0 Å². The van der Waals surface area contributed by atoms with Gasteiger partial charge in [-0.1, -0.05) is 6.58 Å². The molecule has 0 atom stereocenters. The highest BCUT2D eigenvalue weighted by Crippen LogP contribution is 1.88. The van der Waals surface area contributed by atoms with Gasteiger partial charge in [-0.15, -0.1) is 0 Å². The number of aliphatic hydroxyl groups is 1. The molecule has 0 saturated carbocycles. The lowest BCUT2D eigenvalue weighted by atomic mass is 10.6. The Kier molecular flexibility index (Phi) is 6.22. The molecule has 0 unspecified atom stereocenters. The zero-order chi connectivity index (χ0) is 7.82. The number of hydrogen-bond donors (Lipinski definition) is 1. The highest BCUT2D eigenvalue weighted by molar-refractivity contribution is 4.72. The number of hydrogen-bond acceptors (Lipinski definition) is 3. The van der Waals surface area contributed by atoms with E-state index in [1.54, 1.807) is 6.92 Å². The van der Waals surface area contributed by atoms with Crippen LogP contribution in [0.2, 0.25) is 0 Å². The van der Waals surface area contributed by atoms with E-state index in [1.807, 2.05) is 0 Å². The van der Waals surface area contributed by atoms with E-state index in [9.17, 15) is 0 Å². The summed E-state index contributed by atoms with van der Waals surface area (Å²) < 4.78 is 9.90. The molecule has 0 aromatic rings. The molecule has 0 aromatic carbocycles. The minimum atomic E-state index is 0.0626. The summed E-state index contributed by atoms with van der Waals surface area (Å²) in [5, 5.41) is 8.29. The molecule has 0 bridgehead atoms. The van der Waals surface area contributed by atoms with E-state index in [0.717, 1.165) is 0 Å². The maximum Gasteiger partial charge on any atom is 0.111 e. The molecule has 0 rings (SSSR count). The van der Waals surface area contributed by atoms with E-state index in [4.69, 9.17) is 14.6 Å². The molecular weight excluding hydrogens is 132 g/mol. The third kappa shape index (κ3) is 7.46. The zero-order valence-corrected chi connectivity index (χ0v) is 6.30. The van der Waals surface area contributed by atoms with Gasteiger partial charge in [0.15, 0.2) is 0 Å². The van der Waals surface area contributed by atoms with E-state index in [1.165, 1.54) is 0 Å². The van der Waals surface area contributed by atoms with Gasteiger partial charge < -0.3 is 14.6 Å². The molecule has 1 N–H and O–H groups in total. The largest absolute Gasteiger partial charge is 0.496 e. The minimum Gasteiger partial charge on any atom is -0.496 e. The topological polar surface area (TPSA) is 38.7 Å². The Hall–Kier alpha value is -0.540. The van der Waals surface area contributed by atoms with E-state index in [-0.39, 0.29) is 6.61 Å². The molecule has 0 radical (unpaired) electrons. The molecule has 10 heavy (non-hydrogen) atoms. The maximum absolute atomic E-state index is 8.29. The molecule has 0 aliphatic rings. The Balaban J connectivity index is 2.84. The lowest BCUT2D eigenvalue weighted by Crippen LogP contribution is -2.06. The van der Waals surface area contributed by atoms with Crippen molar-refractivity contribution in [1.82, 2.24) is 0 Å². The second-order valence-corrected chi connectivity index (χ2v) is 1.89. The lowest BCUT2D eigenvalue weighted by Gasteiger charge is -2.04. The van der Waals surface area contributed by atoms with Crippen molar-refractivity contribution in [2.45, 2.75) is 6.92 Å². The van der Waals surface area contributed by atoms with Gasteiger partial charge in [-0.05, 0) is 6.92 Å². The van der Waals surface area contributed by atoms with Gasteiger partial charge in [0.2, 0.25) is 0 Å². The van der Waals surface area contributed by atoms with Crippen molar-refractivity contribution >= 4 is 0 Å². The summed E-state index contributed by atoms with van der Waals surface area (Å²) in [6.45, 7) is 6.78. The first-order valence-corrected chi connectivity index (χ1v) is 3.24. The SMILES string of the molecule is C=C(C)OCCOCCO. The van der Waals surface area contributed by atoms with Crippen LogP contribution < -0.4 is 0 Å². The van der Waals surface area contributed by atoms with Crippen molar-refractivity contribution in [2.24, 2.45) is 0 Å². The Labute approximate surface area is 61.3 Å². The monoisotopic (exact) mass is 146 g/mol. The van der Waals surface area contributed by atoms with Gasteiger partial charge in [-0.3, -0.25) is 0 Å². The fourth-order valence-electron chi connectivity index (χ4n) is 0.441. The third-order valence-electron chi connectivity index (χ3n) is 0.812. The van der Waals surface area contributed by atoms with Crippen LogP contribution >= 0.6 is 0 Å². The Bertz CT molecular complexity index is 90.9. The van der Waals surface area contributed by atoms with E-state index < -0.39 is 0 Å². The number of allylic oxidation sites excluding steroid dienone is 1. The Morgan fingerprint density at radius 1 is 1.40 bits per heavy atom. The quantitative estimate of drug-likeness (QED) is 0.439. The molecule has 3 heteroatoms. The first-order valence-electron chi connectivity index (χ1n) is 3.24. The lowest BCUT2D eigenvalue weighted by molar-refractivity contribution is 0.0544. The van der Waals surface area contributed by atoms with Gasteiger partial charge >= 0.3 is 0 Å². The molecular formula is C7H14O3. The van der Waals surface area contributed by atoms with Gasteiger partial charge in [-0.25, -0.2) is 0 Å². The van der Waals surface area contributed by atoms with Gasteiger partial charge in [0, 0.05) is 0 Å². The number of ether oxygens (including phenoxy) is 2. The molecule has 0 heterocycles. The molecule has 0 spiro atoms. The zero-order valence-electron chi connectivity index (χ0n) is 6.30. The van der Waals surface area contributed by atoms with Crippen molar-refractivity contribution < 1.29 is 14.6 Å². The van der Waals surface area contributed by atoms with Crippen LogP contribution in [0.5, 0.6) is 0 Å². The van der Waals surface area contributed by atoms with E-state index >= 15 is 0 Å². The van der Waals surface area contributed by atoms with Crippen LogP contribution in [0.15, 0.2) is 12.3 Å². The fourth-order valence-corrected chi connectivity index (χ4v) is 0.441. The van der Waals surface area contributed by atoms with Crippen LogP contribution in [-0.2, 0) is 9.47 Å².